The van der Waals surface area contributed by atoms with E-state index in [9.17, 15) is 4.79 Å². The van der Waals surface area contributed by atoms with E-state index in [1.54, 1.807) is 49.5 Å². The molecule has 144 valence electrons. The maximum Gasteiger partial charge on any atom is 0.269 e. The van der Waals surface area contributed by atoms with Crippen LogP contribution in [-0.4, -0.2) is 33.1 Å². The van der Waals surface area contributed by atoms with Crippen LogP contribution in [-0.2, 0) is 0 Å². The average molecular weight is 407 g/mol. The van der Waals surface area contributed by atoms with Gasteiger partial charge in [0.15, 0.2) is 0 Å². The molecule has 8 nitrogen and oxygen atoms in total. The van der Waals surface area contributed by atoms with Crippen LogP contribution in [0, 0.1) is 0 Å². The number of aromatic nitrogens is 4. The Bertz CT molecular complexity index is 1180. The van der Waals surface area contributed by atoms with Gasteiger partial charge in [-0.05, 0) is 42.5 Å². The fraction of sp³-hybridized carbons (Fsp3) is 0.0500. The molecule has 0 saturated carbocycles. The number of fused-ring (bicyclic) bond motifs is 1. The van der Waals surface area contributed by atoms with Crippen molar-refractivity contribution in [2.24, 2.45) is 0 Å². The number of benzene rings is 2. The van der Waals surface area contributed by atoms with Gasteiger partial charge < -0.3 is 15.4 Å². The molecule has 0 fully saturated rings. The summed E-state index contributed by atoms with van der Waals surface area (Å²) < 4.78 is 5.82. The second-order valence-corrected chi connectivity index (χ2v) is 6.41. The van der Waals surface area contributed by atoms with Crippen LogP contribution in [0.25, 0.3) is 11.0 Å². The fourth-order valence-corrected chi connectivity index (χ4v) is 2.68. The molecule has 2 N–H and O–H groups in total. The van der Waals surface area contributed by atoms with Crippen LogP contribution >= 0.6 is 11.6 Å². The summed E-state index contributed by atoms with van der Waals surface area (Å²) in [4.78, 5) is 20.2. The topological polar surface area (TPSA) is 102 Å². The molecule has 2 aromatic carbocycles. The first kappa shape index (κ1) is 18.6. The Morgan fingerprint density at radius 2 is 1.76 bits per heavy atom. The van der Waals surface area contributed by atoms with Crippen molar-refractivity contribution in [2.45, 2.75) is 0 Å². The van der Waals surface area contributed by atoms with Crippen LogP contribution in [0.2, 0.25) is 5.02 Å². The van der Waals surface area contributed by atoms with Crippen LogP contribution in [0.4, 0.5) is 11.6 Å². The van der Waals surface area contributed by atoms with Crippen molar-refractivity contribution < 1.29 is 9.53 Å². The number of hydrogen-bond acceptors (Lipinski definition) is 7. The van der Waals surface area contributed by atoms with E-state index in [0.717, 1.165) is 5.69 Å². The quantitative estimate of drug-likeness (QED) is 0.517. The Hall–Kier alpha value is -3.78. The van der Waals surface area contributed by atoms with Gasteiger partial charge in [0, 0.05) is 36.1 Å². The first-order chi connectivity index (χ1) is 14.1. The Morgan fingerprint density at radius 3 is 2.55 bits per heavy atom. The molecule has 0 unspecified atom stereocenters. The van der Waals surface area contributed by atoms with Gasteiger partial charge in [-0.15, -0.1) is 10.2 Å². The third-order valence-electron chi connectivity index (χ3n) is 3.95. The van der Waals surface area contributed by atoms with Crippen molar-refractivity contribution in [3.63, 3.8) is 0 Å². The summed E-state index contributed by atoms with van der Waals surface area (Å²) in [5.41, 5.74) is 2.31. The Labute approximate surface area is 170 Å². The first-order valence-corrected chi connectivity index (χ1v) is 9.01. The van der Waals surface area contributed by atoms with Crippen LogP contribution in [0.5, 0.6) is 11.5 Å². The second kappa shape index (κ2) is 8.07. The van der Waals surface area contributed by atoms with Crippen LogP contribution in [0.1, 0.15) is 10.5 Å². The number of nitrogens with zero attached hydrogens (tertiary/aromatic N) is 4. The minimum atomic E-state index is -0.287. The zero-order valence-corrected chi connectivity index (χ0v) is 16.0. The number of nitrogens with one attached hydrogen (secondary N) is 2. The van der Waals surface area contributed by atoms with Gasteiger partial charge in [0.2, 0.25) is 5.95 Å². The predicted octanol–water partition coefficient (Wildman–Crippen LogP) is 3.97. The molecular weight excluding hydrogens is 392 g/mol. The molecule has 0 bridgehead atoms. The van der Waals surface area contributed by atoms with Gasteiger partial charge in [0.1, 0.15) is 22.7 Å². The summed E-state index contributed by atoms with van der Waals surface area (Å²) in [5.74, 6) is 1.11. The largest absolute Gasteiger partial charge is 0.457 e. The molecule has 4 aromatic rings. The number of anilines is 2. The normalized spacial score (nSPS) is 10.6. The SMILES string of the molecule is CNC(=O)c1cc(Oc2ccc3nc(Nc4ccc(Cl)cc4)nnc3c2)ccn1. The number of carbonyl (C=O) groups excluding carboxylic acids is 1. The van der Waals surface area contributed by atoms with Crippen LogP contribution < -0.4 is 15.4 Å². The van der Waals surface area contributed by atoms with Gasteiger partial charge in [0.05, 0.1) is 5.52 Å². The minimum Gasteiger partial charge on any atom is -0.457 e. The Morgan fingerprint density at radius 1 is 0.966 bits per heavy atom. The monoisotopic (exact) mass is 406 g/mol. The molecule has 0 saturated heterocycles. The summed E-state index contributed by atoms with van der Waals surface area (Å²) >= 11 is 5.89. The minimum absolute atomic E-state index is 0.269. The number of amides is 1. The summed E-state index contributed by atoms with van der Waals surface area (Å²) in [6, 6.07) is 15.7. The molecule has 0 aliphatic rings. The summed E-state index contributed by atoms with van der Waals surface area (Å²) in [7, 11) is 1.54. The van der Waals surface area contributed by atoms with Gasteiger partial charge in [-0.1, -0.05) is 11.6 Å². The standard InChI is InChI=1S/C20H15ClN6O2/c1-22-19(28)18-11-15(8-9-23-18)29-14-6-7-16-17(10-14)26-27-20(25-16)24-13-4-2-12(21)3-5-13/h2-11H,1H3,(H,22,28)(H,24,25,27). The van der Waals surface area contributed by atoms with Crippen molar-refractivity contribution in [1.29, 1.82) is 0 Å². The van der Waals surface area contributed by atoms with E-state index in [2.05, 4.69) is 30.8 Å². The van der Waals surface area contributed by atoms with Crippen LogP contribution in [0.15, 0.2) is 60.8 Å². The van der Waals surface area contributed by atoms with E-state index in [4.69, 9.17) is 16.3 Å². The molecule has 9 heteroatoms. The smallest absolute Gasteiger partial charge is 0.269 e. The number of hydrogen-bond donors (Lipinski definition) is 2. The molecule has 1 amide bonds. The lowest BCUT2D eigenvalue weighted by atomic mass is 10.3. The van der Waals surface area contributed by atoms with Crippen molar-refractivity contribution >= 4 is 40.2 Å². The molecule has 0 spiro atoms. The van der Waals surface area contributed by atoms with Gasteiger partial charge in [-0.3, -0.25) is 9.78 Å². The number of rotatable bonds is 5. The Kier molecular flexibility index (Phi) is 5.17. The zero-order chi connectivity index (χ0) is 20.2. The van der Waals surface area contributed by atoms with Gasteiger partial charge >= 0.3 is 0 Å². The van der Waals surface area contributed by atoms with E-state index in [-0.39, 0.29) is 11.6 Å². The maximum atomic E-state index is 11.7. The molecule has 29 heavy (non-hydrogen) atoms. The maximum absolute atomic E-state index is 11.7. The summed E-state index contributed by atoms with van der Waals surface area (Å²) in [6.45, 7) is 0. The lowest BCUT2D eigenvalue weighted by Crippen LogP contribution is -2.18. The molecule has 0 radical (unpaired) electrons. The first-order valence-electron chi connectivity index (χ1n) is 8.64. The van der Waals surface area contributed by atoms with Gasteiger partial charge in [0.25, 0.3) is 5.91 Å². The van der Waals surface area contributed by atoms with Crippen molar-refractivity contribution in [2.75, 3.05) is 12.4 Å². The van der Waals surface area contributed by atoms with E-state index >= 15 is 0 Å². The van der Waals surface area contributed by atoms with E-state index in [1.807, 2.05) is 12.1 Å². The van der Waals surface area contributed by atoms with Gasteiger partial charge in [-0.2, -0.15) is 0 Å². The fourth-order valence-electron chi connectivity index (χ4n) is 2.56. The highest BCUT2D eigenvalue weighted by Crippen LogP contribution is 2.25. The van der Waals surface area contributed by atoms with Crippen molar-refractivity contribution in [3.05, 3.63) is 71.5 Å². The Balaban J connectivity index is 1.54. The number of ether oxygens (including phenoxy) is 1. The summed E-state index contributed by atoms with van der Waals surface area (Å²) in [6.07, 6.45) is 1.51. The number of halogens is 1. The van der Waals surface area contributed by atoms with E-state index in [0.29, 0.717) is 33.5 Å². The zero-order valence-electron chi connectivity index (χ0n) is 15.3. The second-order valence-electron chi connectivity index (χ2n) is 5.98. The van der Waals surface area contributed by atoms with Crippen molar-refractivity contribution in [3.8, 4) is 11.5 Å². The third-order valence-corrected chi connectivity index (χ3v) is 4.20. The lowest BCUT2D eigenvalue weighted by molar-refractivity contribution is 0.0958. The highest BCUT2D eigenvalue weighted by molar-refractivity contribution is 6.30. The molecule has 2 heterocycles. The highest BCUT2D eigenvalue weighted by Gasteiger charge is 2.08. The lowest BCUT2D eigenvalue weighted by Gasteiger charge is -2.08. The third kappa shape index (κ3) is 4.39. The van der Waals surface area contributed by atoms with Crippen molar-refractivity contribution in [1.82, 2.24) is 25.5 Å². The molecule has 0 aliphatic heterocycles. The molecule has 0 aliphatic carbocycles. The molecule has 0 atom stereocenters. The number of pyridine rings is 1. The predicted molar refractivity (Wildman–Crippen MR) is 110 cm³/mol. The molecule has 4 rings (SSSR count). The van der Waals surface area contributed by atoms with Gasteiger partial charge in [-0.25, -0.2) is 4.98 Å². The summed E-state index contributed by atoms with van der Waals surface area (Å²) in [5, 5.41) is 14.6. The molecule has 2 aromatic heterocycles. The van der Waals surface area contributed by atoms with E-state index in [1.165, 1.54) is 6.20 Å². The molecular formula is C20H15ClN6O2. The van der Waals surface area contributed by atoms with Crippen LogP contribution in [0.3, 0.4) is 0 Å². The highest BCUT2D eigenvalue weighted by atomic mass is 35.5. The average Bonchev–Trinajstić information content (AvgIpc) is 2.75. The number of carbonyl (C=O) groups is 1. The van der Waals surface area contributed by atoms with E-state index < -0.39 is 0 Å².